The van der Waals surface area contributed by atoms with Crippen LogP contribution in [0.4, 0.5) is 41.6 Å². The van der Waals surface area contributed by atoms with Crippen LogP contribution in [0, 0.1) is 23.0 Å². The van der Waals surface area contributed by atoms with Crippen LogP contribution in [0.15, 0.2) is 18.2 Å². The molecule has 0 radical (unpaired) electrons. The van der Waals surface area contributed by atoms with E-state index in [1.165, 1.54) is 16.8 Å². The van der Waals surface area contributed by atoms with Crippen molar-refractivity contribution in [3.63, 3.8) is 0 Å². The summed E-state index contributed by atoms with van der Waals surface area (Å²) in [5.41, 5.74) is -0.574. The summed E-state index contributed by atoms with van der Waals surface area (Å²) in [4.78, 5) is 26.6. The summed E-state index contributed by atoms with van der Waals surface area (Å²) < 4.78 is 113. The lowest BCUT2D eigenvalue weighted by Crippen LogP contribution is -2.49. The molecule has 0 aliphatic carbocycles. The Morgan fingerprint density at radius 1 is 1.21 bits per heavy atom. The highest BCUT2D eigenvalue weighted by molar-refractivity contribution is 7.23. The number of nitrogen functional groups attached to an aromatic ring is 1. The van der Waals surface area contributed by atoms with Crippen molar-refractivity contribution in [2.24, 2.45) is 0 Å². The van der Waals surface area contributed by atoms with Gasteiger partial charge in [-0.2, -0.15) is 28.4 Å². The third kappa shape index (κ3) is 6.07. The number of nitrogens with zero attached hydrogens (tertiary/aromatic N) is 6. The van der Waals surface area contributed by atoms with Gasteiger partial charge < -0.3 is 20.3 Å². The van der Waals surface area contributed by atoms with Crippen molar-refractivity contribution in [2.45, 2.75) is 82.1 Å². The number of likely N-dealkylation sites (N-methyl/N-ethyl adjacent to an activating group) is 1. The molecule has 17 heteroatoms. The number of carbonyl (C=O) groups is 1. The molecule has 0 spiro atoms. The minimum absolute atomic E-state index is 0.0663. The van der Waals surface area contributed by atoms with Crippen LogP contribution in [0.25, 0.3) is 32.1 Å². The fourth-order valence-corrected chi connectivity index (χ4v) is 9.34. The third-order valence-corrected chi connectivity index (χ3v) is 12.0. The van der Waals surface area contributed by atoms with Crippen LogP contribution in [0.2, 0.25) is 0 Å². The first kappa shape index (κ1) is 36.9. The minimum atomic E-state index is -5.17. The van der Waals surface area contributed by atoms with Gasteiger partial charge >= 0.3 is 12.2 Å². The van der Waals surface area contributed by atoms with Gasteiger partial charge in [0.15, 0.2) is 11.5 Å². The smallest absolute Gasteiger partial charge is 0.417 e. The fraction of sp³-hybridized carbons (Fsp3) is 0.500. The maximum absolute atomic E-state index is 17.2. The lowest BCUT2D eigenvalue weighted by atomic mass is 9.92. The Bertz CT molecular complexity index is 2180. The fourth-order valence-electron chi connectivity index (χ4n) is 8.39. The summed E-state index contributed by atoms with van der Waals surface area (Å²) in [5, 5.41) is 9.08. The summed E-state index contributed by atoms with van der Waals surface area (Å²) in [6.45, 7) is 4.92. The van der Waals surface area contributed by atoms with E-state index in [1.807, 2.05) is 4.90 Å². The van der Waals surface area contributed by atoms with Crippen LogP contribution in [0.1, 0.15) is 57.6 Å². The van der Waals surface area contributed by atoms with Gasteiger partial charge in [-0.05, 0) is 64.3 Å². The van der Waals surface area contributed by atoms with Gasteiger partial charge in [0.25, 0.3) is 5.91 Å². The maximum Gasteiger partial charge on any atom is 0.417 e. The van der Waals surface area contributed by atoms with Crippen molar-refractivity contribution in [1.82, 2.24) is 19.8 Å². The molecule has 4 atom stereocenters. The number of amides is 1. The first-order valence-electron chi connectivity index (χ1n) is 17.1. The Morgan fingerprint density at radius 2 is 1.94 bits per heavy atom. The predicted octanol–water partition coefficient (Wildman–Crippen LogP) is 7.39. The zero-order valence-electron chi connectivity index (χ0n) is 29.3. The molecule has 282 valence electrons. The summed E-state index contributed by atoms with van der Waals surface area (Å²) in [7, 11) is 1.53. The molecule has 3 aliphatic heterocycles. The van der Waals surface area contributed by atoms with Crippen LogP contribution >= 0.6 is 11.3 Å². The van der Waals surface area contributed by atoms with Crippen LogP contribution in [0.5, 0.6) is 6.01 Å². The van der Waals surface area contributed by atoms with Gasteiger partial charge in [-0.25, -0.2) is 17.6 Å². The van der Waals surface area contributed by atoms with Crippen molar-refractivity contribution >= 4 is 49.1 Å². The summed E-state index contributed by atoms with van der Waals surface area (Å²) in [6.07, 6.45) is -4.34. The second-order valence-electron chi connectivity index (χ2n) is 14.6. The van der Waals surface area contributed by atoms with Gasteiger partial charge in [-0.1, -0.05) is 6.07 Å². The SMILES string of the molecule is C[C@@H]1[C@H](N(C)c2nc(OC[C@@]34CCCN3C[C@H](F)C4)nc3c(F)c(-c4ccc(F)c5sc(N)c(C#N)c45)c(C(F)(F)F)cc23)CCN1C(=O)C(C)(C)F. The second kappa shape index (κ2) is 12.9. The zero-order chi connectivity index (χ0) is 38.4. The Morgan fingerprint density at radius 3 is 2.62 bits per heavy atom. The number of ether oxygens (including phenoxy) is 1. The molecule has 0 unspecified atom stereocenters. The highest BCUT2D eigenvalue weighted by Gasteiger charge is 2.50. The third-order valence-electron chi connectivity index (χ3n) is 10.9. The standard InChI is InChI=1S/C36H36F7N7O2S/c1-17-24(8-11-50(17)32(51)34(2,3)40)48(4)31-20-12-22(36(41,42)43)26(19-6-7-23(38)29-25(19)21(14-44)30(45)53-29)27(39)28(20)46-33(47-31)52-16-35-9-5-10-49(35)15-18(37)13-35/h6-7,12,17-18,24H,5,8-11,13,15-16,45H2,1-4H3/t17-,18-,24-,35+/m1/s1. The number of anilines is 2. The van der Waals surface area contributed by atoms with Crippen molar-refractivity contribution < 1.29 is 40.3 Å². The quantitative estimate of drug-likeness (QED) is 0.194. The predicted molar refractivity (Wildman–Crippen MR) is 186 cm³/mol. The van der Waals surface area contributed by atoms with Crippen molar-refractivity contribution in [3.8, 4) is 23.2 Å². The van der Waals surface area contributed by atoms with Crippen molar-refractivity contribution in [3.05, 3.63) is 41.0 Å². The number of halogens is 7. The molecule has 3 saturated heterocycles. The molecular formula is C36H36F7N7O2S. The average molecular weight is 764 g/mol. The van der Waals surface area contributed by atoms with Crippen LogP contribution in [-0.4, -0.2) is 88.4 Å². The molecule has 3 aliphatic rings. The number of nitrogens with two attached hydrogens (primary N) is 1. The summed E-state index contributed by atoms with van der Waals surface area (Å²) in [6, 6.07) is 2.75. The Labute approximate surface area is 304 Å². The van der Waals surface area contributed by atoms with Crippen LogP contribution < -0.4 is 15.4 Å². The van der Waals surface area contributed by atoms with Crippen LogP contribution in [-0.2, 0) is 11.0 Å². The highest BCUT2D eigenvalue weighted by Crippen LogP contribution is 2.48. The minimum Gasteiger partial charge on any atom is -0.461 e. The molecule has 2 aromatic heterocycles. The zero-order valence-corrected chi connectivity index (χ0v) is 30.1. The van der Waals surface area contributed by atoms with E-state index >= 15 is 17.6 Å². The number of benzene rings is 2. The number of thiophene rings is 1. The number of nitriles is 1. The van der Waals surface area contributed by atoms with E-state index in [2.05, 4.69) is 9.97 Å². The lowest BCUT2D eigenvalue weighted by Gasteiger charge is -2.34. The number of carbonyl (C=O) groups excluding carboxylic acids is 1. The van der Waals surface area contributed by atoms with E-state index in [0.717, 1.165) is 32.4 Å². The van der Waals surface area contributed by atoms with Gasteiger partial charge in [0.05, 0.1) is 27.4 Å². The molecule has 5 heterocycles. The number of rotatable bonds is 7. The molecule has 4 aromatic rings. The van der Waals surface area contributed by atoms with E-state index in [0.29, 0.717) is 30.4 Å². The van der Waals surface area contributed by atoms with E-state index in [4.69, 9.17) is 10.5 Å². The first-order valence-corrected chi connectivity index (χ1v) is 17.9. The number of alkyl halides is 5. The van der Waals surface area contributed by atoms with E-state index in [1.54, 1.807) is 13.0 Å². The first-order chi connectivity index (χ1) is 24.9. The van der Waals surface area contributed by atoms with Crippen molar-refractivity contribution in [1.29, 1.82) is 5.26 Å². The molecule has 3 fully saturated rings. The molecule has 0 bridgehead atoms. The van der Waals surface area contributed by atoms with Crippen LogP contribution in [0.3, 0.4) is 0 Å². The lowest BCUT2D eigenvalue weighted by molar-refractivity contribution is -0.142. The molecule has 53 heavy (non-hydrogen) atoms. The number of hydrogen-bond acceptors (Lipinski definition) is 9. The van der Waals surface area contributed by atoms with E-state index in [-0.39, 0.29) is 70.4 Å². The number of fused-ring (bicyclic) bond motifs is 3. The van der Waals surface area contributed by atoms with Gasteiger partial charge in [-0.15, -0.1) is 11.3 Å². The molecule has 2 N–H and O–H groups in total. The van der Waals surface area contributed by atoms with E-state index < -0.39 is 75.4 Å². The number of hydrogen-bond donors (Lipinski definition) is 1. The topological polar surface area (TPSA) is 112 Å². The molecule has 0 saturated carbocycles. The van der Waals surface area contributed by atoms with Gasteiger partial charge in [0.2, 0.25) is 0 Å². The normalized spacial score (nSPS) is 23.6. The summed E-state index contributed by atoms with van der Waals surface area (Å²) in [5.74, 6) is -3.19. The molecule has 9 nitrogen and oxygen atoms in total. The largest absolute Gasteiger partial charge is 0.461 e. The Balaban J connectivity index is 1.43. The van der Waals surface area contributed by atoms with Gasteiger partial charge in [0.1, 0.15) is 41.0 Å². The van der Waals surface area contributed by atoms with Gasteiger partial charge in [0, 0.05) is 48.9 Å². The Hall–Kier alpha value is -4.43. The molecule has 1 amide bonds. The monoisotopic (exact) mass is 763 g/mol. The number of likely N-dealkylation sites (tertiary alicyclic amines) is 1. The Kier molecular flexibility index (Phi) is 8.96. The summed E-state index contributed by atoms with van der Waals surface area (Å²) >= 11 is 0.656. The average Bonchev–Trinajstić information content (AvgIpc) is 3.83. The number of aromatic nitrogens is 2. The molecule has 7 rings (SSSR count). The van der Waals surface area contributed by atoms with E-state index in [9.17, 15) is 23.2 Å². The van der Waals surface area contributed by atoms with Crippen molar-refractivity contribution in [2.75, 3.05) is 43.9 Å². The molecular weight excluding hydrogens is 727 g/mol. The van der Waals surface area contributed by atoms with Gasteiger partial charge in [-0.3, -0.25) is 9.69 Å². The second-order valence-corrected chi connectivity index (χ2v) is 15.7. The molecule has 2 aromatic carbocycles. The maximum atomic E-state index is 17.2. The highest BCUT2D eigenvalue weighted by atomic mass is 32.1.